The lowest BCUT2D eigenvalue weighted by Crippen LogP contribution is -2.40. The van der Waals surface area contributed by atoms with E-state index in [-0.39, 0.29) is 23.9 Å². The van der Waals surface area contributed by atoms with Crippen LogP contribution >= 0.6 is 23.2 Å². The molecule has 0 aliphatic rings. The van der Waals surface area contributed by atoms with Gasteiger partial charge in [-0.05, 0) is 18.2 Å². The number of amides is 2. The zero-order chi connectivity index (χ0) is 15.8. The third-order valence-electron chi connectivity index (χ3n) is 2.14. The summed E-state index contributed by atoms with van der Waals surface area (Å²) in [5.41, 5.74) is 0. The van der Waals surface area contributed by atoms with Gasteiger partial charge in [0.25, 0.3) is 5.91 Å². The summed E-state index contributed by atoms with van der Waals surface area (Å²) in [4.78, 5) is 32.8. The van der Waals surface area contributed by atoms with E-state index in [0.29, 0.717) is 5.02 Å². The van der Waals surface area contributed by atoms with Gasteiger partial charge < -0.3 is 20.5 Å². The van der Waals surface area contributed by atoms with E-state index in [9.17, 15) is 14.4 Å². The highest BCUT2D eigenvalue weighted by Crippen LogP contribution is 2.27. The summed E-state index contributed by atoms with van der Waals surface area (Å²) >= 11 is 11.6. The number of carboxylic acids is 1. The van der Waals surface area contributed by atoms with Gasteiger partial charge in [-0.2, -0.15) is 0 Å². The van der Waals surface area contributed by atoms with Crippen molar-refractivity contribution >= 4 is 41.0 Å². The van der Waals surface area contributed by atoms with Gasteiger partial charge in [-0.1, -0.05) is 23.2 Å². The Balaban J connectivity index is 2.31. The van der Waals surface area contributed by atoms with E-state index >= 15 is 0 Å². The molecule has 9 heteroatoms. The minimum Gasteiger partial charge on any atom is -0.482 e. The van der Waals surface area contributed by atoms with Crippen LogP contribution in [0.5, 0.6) is 5.75 Å². The van der Waals surface area contributed by atoms with Crippen molar-refractivity contribution in [2.75, 3.05) is 19.7 Å². The Hall–Kier alpha value is -1.99. The van der Waals surface area contributed by atoms with E-state index < -0.39 is 24.3 Å². The summed E-state index contributed by atoms with van der Waals surface area (Å²) in [7, 11) is 0. The molecular weight excluding hydrogens is 323 g/mol. The lowest BCUT2D eigenvalue weighted by Gasteiger charge is -2.08. The van der Waals surface area contributed by atoms with Gasteiger partial charge in [-0.3, -0.25) is 14.4 Å². The smallest absolute Gasteiger partial charge is 0.322 e. The van der Waals surface area contributed by atoms with E-state index in [1.807, 2.05) is 0 Å². The largest absolute Gasteiger partial charge is 0.482 e. The van der Waals surface area contributed by atoms with Gasteiger partial charge in [0.2, 0.25) is 5.91 Å². The fourth-order valence-corrected chi connectivity index (χ4v) is 1.67. The Morgan fingerprint density at radius 2 is 1.76 bits per heavy atom. The van der Waals surface area contributed by atoms with Gasteiger partial charge in [0.15, 0.2) is 6.61 Å². The molecule has 0 unspecified atom stereocenters. The quantitative estimate of drug-likeness (QED) is 0.680. The number of rotatable bonds is 7. The number of carbonyl (C=O) groups excluding carboxylic acids is 2. The molecule has 0 aromatic heterocycles. The van der Waals surface area contributed by atoms with Gasteiger partial charge in [-0.15, -0.1) is 0 Å². The van der Waals surface area contributed by atoms with Crippen LogP contribution in [0.3, 0.4) is 0 Å². The maximum Gasteiger partial charge on any atom is 0.322 e. The van der Waals surface area contributed by atoms with Crippen molar-refractivity contribution in [3.05, 3.63) is 28.2 Å². The molecule has 0 aliphatic carbocycles. The van der Waals surface area contributed by atoms with E-state index in [1.54, 1.807) is 6.07 Å². The zero-order valence-corrected chi connectivity index (χ0v) is 12.2. The minimum atomic E-state index is -1.17. The SMILES string of the molecule is O=C(O)CNC(=O)CNC(=O)COc1ccc(Cl)cc1Cl. The first kappa shape index (κ1) is 17.1. The van der Waals surface area contributed by atoms with Crippen molar-refractivity contribution in [3.8, 4) is 5.75 Å². The van der Waals surface area contributed by atoms with Crippen LogP contribution in [-0.2, 0) is 14.4 Å². The molecule has 0 spiro atoms. The van der Waals surface area contributed by atoms with Crippen molar-refractivity contribution in [3.63, 3.8) is 0 Å². The second-order valence-corrected chi connectivity index (χ2v) is 4.65. The average Bonchev–Trinajstić information content (AvgIpc) is 2.41. The van der Waals surface area contributed by atoms with Crippen molar-refractivity contribution in [1.82, 2.24) is 10.6 Å². The number of halogens is 2. The molecule has 0 saturated carbocycles. The number of nitrogens with one attached hydrogen (secondary N) is 2. The molecule has 1 rings (SSSR count). The second kappa shape index (κ2) is 8.33. The van der Waals surface area contributed by atoms with Crippen LogP contribution < -0.4 is 15.4 Å². The third-order valence-corrected chi connectivity index (χ3v) is 2.67. The lowest BCUT2D eigenvalue weighted by molar-refractivity contribution is -0.137. The van der Waals surface area contributed by atoms with Crippen molar-refractivity contribution < 1.29 is 24.2 Å². The minimum absolute atomic E-state index is 0.259. The highest BCUT2D eigenvalue weighted by Gasteiger charge is 2.09. The van der Waals surface area contributed by atoms with Gasteiger partial charge >= 0.3 is 5.97 Å². The standard InChI is InChI=1S/C12H12Cl2N2O5/c13-7-1-2-9(8(14)3-7)21-6-11(18)15-4-10(17)16-5-12(19)20/h1-3H,4-6H2,(H,15,18)(H,16,17)(H,19,20). The lowest BCUT2D eigenvalue weighted by atomic mass is 10.3. The van der Waals surface area contributed by atoms with Crippen molar-refractivity contribution in [2.24, 2.45) is 0 Å². The molecule has 0 radical (unpaired) electrons. The Labute approximate surface area is 130 Å². The predicted molar refractivity (Wildman–Crippen MR) is 75.6 cm³/mol. The second-order valence-electron chi connectivity index (χ2n) is 3.81. The number of benzene rings is 1. The fraction of sp³-hybridized carbons (Fsp3) is 0.250. The van der Waals surface area contributed by atoms with E-state index in [1.165, 1.54) is 12.1 Å². The topological polar surface area (TPSA) is 105 Å². The van der Waals surface area contributed by atoms with Gasteiger partial charge in [0.05, 0.1) is 11.6 Å². The molecule has 1 aromatic rings. The molecule has 0 aliphatic heterocycles. The highest BCUT2D eigenvalue weighted by atomic mass is 35.5. The number of carboxylic acid groups (broad SMARTS) is 1. The molecule has 0 fully saturated rings. The summed E-state index contributed by atoms with van der Waals surface area (Å²) in [6, 6.07) is 4.53. The summed E-state index contributed by atoms with van der Waals surface area (Å²) < 4.78 is 5.16. The fourth-order valence-electron chi connectivity index (χ4n) is 1.20. The summed E-state index contributed by atoms with van der Waals surface area (Å²) in [6.07, 6.45) is 0. The predicted octanol–water partition coefficient (Wildman–Crippen LogP) is 0.689. The van der Waals surface area contributed by atoms with Crippen LogP contribution in [0.2, 0.25) is 10.0 Å². The highest BCUT2D eigenvalue weighted by molar-refractivity contribution is 6.35. The Kier molecular flexibility index (Phi) is 6.77. The maximum atomic E-state index is 11.4. The summed E-state index contributed by atoms with van der Waals surface area (Å²) in [5.74, 6) is -2.05. The van der Waals surface area contributed by atoms with Crippen LogP contribution in [0.15, 0.2) is 18.2 Å². The first-order valence-electron chi connectivity index (χ1n) is 5.71. The molecule has 0 saturated heterocycles. The number of ether oxygens (including phenoxy) is 1. The Morgan fingerprint density at radius 1 is 1.10 bits per heavy atom. The first-order chi connectivity index (χ1) is 9.88. The van der Waals surface area contributed by atoms with E-state index in [0.717, 1.165) is 0 Å². The van der Waals surface area contributed by atoms with E-state index in [2.05, 4.69) is 10.6 Å². The number of aliphatic carboxylic acids is 1. The van der Waals surface area contributed by atoms with Crippen LogP contribution in [-0.4, -0.2) is 42.6 Å². The number of hydrogen-bond donors (Lipinski definition) is 3. The molecule has 0 bridgehead atoms. The third kappa shape index (κ3) is 6.82. The molecule has 3 N–H and O–H groups in total. The van der Waals surface area contributed by atoms with Crippen LogP contribution in [0, 0.1) is 0 Å². The number of carbonyl (C=O) groups is 3. The average molecular weight is 335 g/mol. The molecule has 1 aromatic carbocycles. The van der Waals surface area contributed by atoms with E-state index in [4.69, 9.17) is 33.0 Å². The van der Waals surface area contributed by atoms with Crippen LogP contribution in [0.25, 0.3) is 0 Å². The molecule has 21 heavy (non-hydrogen) atoms. The maximum absolute atomic E-state index is 11.4. The molecule has 2 amide bonds. The van der Waals surface area contributed by atoms with Crippen LogP contribution in [0.4, 0.5) is 0 Å². The van der Waals surface area contributed by atoms with Crippen molar-refractivity contribution in [2.45, 2.75) is 0 Å². The first-order valence-corrected chi connectivity index (χ1v) is 6.47. The summed E-state index contributed by atoms with van der Waals surface area (Å²) in [5, 5.41) is 13.4. The summed E-state index contributed by atoms with van der Waals surface area (Å²) in [6.45, 7) is -1.19. The molecule has 0 atom stereocenters. The molecule has 114 valence electrons. The van der Waals surface area contributed by atoms with Crippen LogP contribution in [0.1, 0.15) is 0 Å². The molecular formula is C12H12Cl2N2O5. The van der Waals surface area contributed by atoms with Gasteiger partial charge in [0, 0.05) is 5.02 Å². The normalized spacial score (nSPS) is 9.81. The van der Waals surface area contributed by atoms with Gasteiger partial charge in [0.1, 0.15) is 12.3 Å². The number of hydrogen-bond acceptors (Lipinski definition) is 4. The molecule has 0 heterocycles. The van der Waals surface area contributed by atoms with Crippen molar-refractivity contribution in [1.29, 1.82) is 0 Å². The Morgan fingerprint density at radius 3 is 2.38 bits per heavy atom. The van der Waals surface area contributed by atoms with Gasteiger partial charge in [-0.25, -0.2) is 0 Å². The monoisotopic (exact) mass is 334 g/mol. The molecule has 7 nitrogen and oxygen atoms in total. The zero-order valence-electron chi connectivity index (χ0n) is 10.7. The Bertz CT molecular complexity index is 550.